The molecule has 1 aromatic heterocycles. The Morgan fingerprint density at radius 3 is 2.35 bits per heavy atom. The van der Waals surface area contributed by atoms with Gasteiger partial charge >= 0.3 is 0 Å². The molecule has 0 saturated carbocycles. The maximum atomic E-state index is 12.7. The number of anilines is 1. The molecule has 2 nitrogen and oxygen atoms in total. The second kappa shape index (κ2) is 4.89. The van der Waals surface area contributed by atoms with Crippen LogP contribution in [0.5, 0.6) is 0 Å². The smallest absolute Gasteiger partial charge is 0.280 e. The van der Waals surface area contributed by atoms with E-state index in [2.05, 4.69) is 4.98 Å². The standard InChI is InChI=1S/C16H12F2N2/c17-16(18)15-9-13(19)12-8-11(6-7-14(12)20-15)10-4-2-1-3-5-10/h1-9,16H,(H2,19,20). The summed E-state index contributed by atoms with van der Waals surface area (Å²) in [6.07, 6.45) is -2.62. The van der Waals surface area contributed by atoms with Crippen LogP contribution in [0.25, 0.3) is 22.0 Å². The predicted molar refractivity (Wildman–Crippen MR) is 76.5 cm³/mol. The minimum Gasteiger partial charge on any atom is -0.398 e. The Labute approximate surface area is 114 Å². The number of halogens is 2. The van der Waals surface area contributed by atoms with E-state index in [0.717, 1.165) is 11.1 Å². The molecule has 0 fully saturated rings. The van der Waals surface area contributed by atoms with Crippen LogP contribution in [0.1, 0.15) is 12.1 Å². The molecule has 2 aromatic carbocycles. The minimum atomic E-state index is -2.62. The Balaban J connectivity index is 2.17. The molecule has 0 unspecified atom stereocenters. The first-order valence-corrected chi connectivity index (χ1v) is 6.19. The van der Waals surface area contributed by atoms with Crippen molar-refractivity contribution < 1.29 is 8.78 Å². The van der Waals surface area contributed by atoms with E-state index in [1.807, 2.05) is 42.5 Å². The van der Waals surface area contributed by atoms with Crippen molar-refractivity contribution in [2.45, 2.75) is 6.43 Å². The largest absolute Gasteiger partial charge is 0.398 e. The molecule has 0 bridgehead atoms. The molecule has 100 valence electrons. The number of hydrogen-bond acceptors (Lipinski definition) is 2. The summed E-state index contributed by atoms with van der Waals surface area (Å²) in [5.74, 6) is 0. The van der Waals surface area contributed by atoms with Crippen molar-refractivity contribution in [3.05, 3.63) is 60.3 Å². The number of nitrogens with two attached hydrogens (primary N) is 1. The topological polar surface area (TPSA) is 38.9 Å². The van der Waals surface area contributed by atoms with E-state index in [4.69, 9.17) is 5.73 Å². The van der Waals surface area contributed by atoms with Crippen molar-refractivity contribution in [2.75, 3.05) is 5.73 Å². The Morgan fingerprint density at radius 1 is 0.900 bits per heavy atom. The monoisotopic (exact) mass is 270 g/mol. The second-order valence-corrected chi connectivity index (χ2v) is 4.53. The van der Waals surface area contributed by atoms with Gasteiger partial charge in [-0.25, -0.2) is 13.8 Å². The SMILES string of the molecule is Nc1cc(C(F)F)nc2ccc(-c3ccccc3)cc12. The average Bonchev–Trinajstić information content (AvgIpc) is 2.47. The summed E-state index contributed by atoms with van der Waals surface area (Å²) in [5.41, 5.74) is 8.42. The molecule has 0 aliphatic rings. The van der Waals surface area contributed by atoms with Gasteiger partial charge in [0.15, 0.2) is 0 Å². The highest BCUT2D eigenvalue weighted by molar-refractivity contribution is 5.93. The predicted octanol–water partition coefficient (Wildman–Crippen LogP) is 4.42. The van der Waals surface area contributed by atoms with Crippen LogP contribution in [0.3, 0.4) is 0 Å². The molecule has 0 aliphatic heterocycles. The number of nitrogen functional groups attached to an aromatic ring is 1. The molecule has 0 spiro atoms. The number of alkyl halides is 2. The molecule has 4 heteroatoms. The number of rotatable bonds is 2. The van der Waals surface area contributed by atoms with Crippen LogP contribution in [-0.2, 0) is 0 Å². The fourth-order valence-corrected chi connectivity index (χ4v) is 2.20. The molecule has 1 heterocycles. The molecule has 0 atom stereocenters. The summed E-state index contributed by atoms with van der Waals surface area (Å²) in [4.78, 5) is 3.94. The fourth-order valence-electron chi connectivity index (χ4n) is 2.20. The van der Waals surface area contributed by atoms with Gasteiger partial charge in [0.1, 0.15) is 5.69 Å². The third-order valence-electron chi connectivity index (χ3n) is 3.19. The number of benzene rings is 2. The molecule has 3 rings (SSSR count). The van der Waals surface area contributed by atoms with Crippen LogP contribution in [0.2, 0.25) is 0 Å². The van der Waals surface area contributed by atoms with E-state index >= 15 is 0 Å². The highest BCUT2D eigenvalue weighted by atomic mass is 19.3. The molecular weight excluding hydrogens is 258 g/mol. The van der Waals surface area contributed by atoms with Crippen LogP contribution < -0.4 is 5.73 Å². The Hall–Kier alpha value is -2.49. The van der Waals surface area contributed by atoms with Crippen molar-refractivity contribution in [3.8, 4) is 11.1 Å². The maximum absolute atomic E-state index is 12.7. The number of hydrogen-bond donors (Lipinski definition) is 1. The van der Waals surface area contributed by atoms with Gasteiger partial charge in [-0.3, -0.25) is 0 Å². The van der Waals surface area contributed by atoms with E-state index in [9.17, 15) is 8.78 Å². The van der Waals surface area contributed by atoms with Gasteiger partial charge in [-0.15, -0.1) is 0 Å². The Morgan fingerprint density at radius 2 is 1.65 bits per heavy atom. The quantitative estimate of drug-likeness (QED) is 0.748. The number of fused-ring (bicyclic) bond motifs is 1. The molecule has 0 aliphatic carbocycles. The zero-order valence-corrected chi connectivity index (χ0v) is 10.6. The van der Waals surface area contributed by atoms with Crippen LogP contribution in [0.4, 0.5) is 14.5 Å². The van der Waals surface area contributed by atoms with Gasteiger partial charge in [0.05, 0.1) is 5.52 Å². The molecule has 20 heavy (non-hydrogen) atoms. The van der Waals surface area contributed by atoms with Crippen molar-refractivity contribution in [1.82, 2.24) is 4.98 Å². The van der Waals surface area contributed by atoms with E-state index in [-0.39, 0.29) is 5.69 Å². The van der Waals surface area contributed by atoms with Crippen LogP contribution in [-0.4, -0.2) is 4.98 Å². The van der Waals surface area contributed by atoms with E-state index < -0.39 is 6.43 Å². The first-order valence-electron chi connectivity index (χ1n) is 6.19. The summed E-state index contributed by atoms with van der Waals surface area (Å²) in [7, 11) is 0. The number of pyridine rings is 1. The molecule has 0 radical (unpaired) electrons. The molecule has 0 amide bonds. The third kappa shape index (κ3) is 2.20. The van der Waals surface area contributed by atoms with Gasteiger partial charge in [-0.1, -0.05) is 36.4 Å². The van der Waals surface area contributed by atoms with Gasteiger partial charge in [0.25, 0.3) is 6.43 Å². The normalized spacial score (nSPS) is 11.2. The first-order chi connectivity index (χ1) is 9.65. The third-order valence-corrected chi connectivity index (χ3v) is 3.19. The number of aromatic nitrogens is 1. The first kappa shape index (κ1) is 12.5. The van der Waals surface area contributed by atoms with E-state index in [1.54, 1.807) is 6.07 Å². The zero-order valence-electron chi connectivity index (χ0n) is 10.6. The lowest BCUT2D eigenvalue weighted by Gasteiger charge is -2.08. The van der Waals surface area contributed by atoms with Crippen LogP contribution in [0, 0.1) is 0 Å². The number of nitrogens with zero attached hydrogens (tertiary/aromatic N) is 1. The summed E-state index contributed by atoms with van der Waals surface area (Å²) >= 11 is 0. The molecule has 3 aromatic rings. The lowest BCUT2D eigenvalue weighted by molar-refractivity contribution is 0.146. The Bertz CT molecular complexity index is 755. The molecular formula is C16H12F2N2. The van der Waals surface area contributed by atoms with Crippen molar-refractivity contribution in [3.63, 3.8) is 0 Å². The van der Waals surface area contributed by atoms with Gasteiger partial charge in [-0.05, 0) is 29.3 Å². The maximum Gasteiger partial charge on any atom is 0.280 e. The summed E-state index contributed by atoms with van der Waals surface area (Å²) in [6.45, 7) is 0. The van der Waals surface area contributed by atoms with Crippen LogP contribution in [0.15, 0.2) is 54.6 Å². The molecule has 0 saturated heterocycles. The van der Waals surface area contributed by atoms with Crippen LogP contribution >= 0.6 is 0 Å². The zero-order chi connectivity index (χ0) is 14.1. The van der Waals surface area contributed by atoms with Crippen molar-refractivity contribution >= 4 is 16.6 Å². The summed E-state index contributed by atoms with van der Waals surface area (Å²) in [6, 6.07) is 16.5. The van der Waals surface area contributed by atoms with Crippen molar-refractivity contribution in [1.29, 1.82) is 0 Å². The van der Waals surface area contributed by atoms with E-state index in [1.165, 1.54) is 6.07 Å². The van der Waals surface area contributed by atoms with Crippen molar-refractivity contribution in [2.24, 2.45) is 0 Å². The summed E-state index contributed by atoms with van der Waals surface area (Å²) in [5, 5.41) is 0.691. The van der Waals surface area contributed by atoms with Gasteiger partial charge in [-0.2, -0.15) is 0 Å². The van der Waals surface area contributed by atoms with Gasteiger partial charge in [0.2, 0.25) is 0 Å². The highest BCUT2D eigenvalue weighted by Crippen LogP contribution is 2.29. The lowest BCUT2D eigenvalue weighted by atomic mass is 10.0. The van der Waals surface area contributed by atoms with E-state index in [0.29, 0.717) is 16.6 Å². The second-order valence-electron chi connectivity index (χ2n) is 4.53. The molecule has 2 N–H and O–H groups in total. The lowest BCUT2D eigenvalue weighted by Crippen LogP contribution is -1.96. The highest BCUT2D eigenvalue weighted by Gasteiger charge is 2.12. The minimum absolute atomic E-state index is 0.289. The Kier molecular flexibility index (Phi) is 3.06. The van der Waals surface area contributed by atoms with Gasteiger partial charge < -0.3 is 5.73 Å². The fraction of sp³-hybridized carbons (Fsp3) is 0.0625. The average molecular weight is 270 g/mol. The summed E-state index contributed by atoms with van der Waals surface area (Å²) < 4.78 is 25.4. The van der Waals surface area contributed by atoms with Gasteiger partial charge in [0, 0.05) is 11.1 Å².